The van der Waals surface area contributed by atoms with E-state index in [1.54, 1.807) is 18.2 Å². The molecule has 1 aromatic rings. The summed E-state index contributed by atoms with van der Waals surface area (Å²) in [5.74, 6) is 5.46. The Morgan fingerprint density at radius 1 is 1.38 bits per heavy atom. The Morgan fingerprint density at radius 3 is 2.56 bits per heavy atom. The van der Waals surface area contributed by atoms with Gasteiger partial charge in [-0.15, -0.1) is 0 Å². The van der Waals surface area contributed by atoms with E-state index < -0.39 is 9.84 Å². The van der Waals surface area contributed by atoms with E-state index in [1.807, 2.05) is 0 Å². The van der Waals surface area contributed by atoms with Crippen molar-refractivity contribution in [1.82, 2.24) is 0 Å². The van der Waals surface area contributed by atoms with Crippen LogP contribution < -0.4 is 10.6 Å². The van der Waals surface area contributed by atoms with Gasteiger partial charge in [-0.2, -0.15) is 0 Å². The molecule has 2 N–H and O–H groups in total. The van der Waals surface area contributed by atoms with Crippen LogP contribution in [0.25, 0.3) is 0 Å². The highest BCUT2D eigenvalue weighted by atomic mass is 32.2. The van der Waals surface area contributed by atoms with E-state index in [9.17, 15) is 8.42 Å². The number of hydrogen-bond acceptors (Lipinski definition) is 5. The minimum absolute atomic E-state index is 0.239. The Kier molecular flexibility index (Phi) is 4.28. The van der Waals surface area contributed by atoms with Gasteiger partial charge in [0.1, 0.15) is 5.75 Å². The van der Waals surface area contributed by atoms with Crippen LogP contribution in [0.3, 0.4) is 0 Å². The van der Waals surface area contributed by atoms with E-state index in [0.29, 0.717) is 17.7 Å². The summed E-state index contributed by atoms with van der Waals surface area (Å²) in [6.07, 6.45) is 1.55. The van der Waals surface area contributed by atoms with Crippen LogP contribution in [0, 0.1) is 0 Å². The Morgan fingerprint density at radius 2 is 2.06 bits per heavy atom. The van der Waals surface area contributed by atoms with E-state index >= 15 is 0 Å². The Bertz CT molecular complexity index is 456. The van der Waals surface area contributed by atoms with Gasteiger partial charge in [0.25, 0.3) is 0 Å². The van der Waals surface area contributed by atoms with Gasteiger partial charge in [0.15, 0.2) is 9.84 Å². The van der Waals surface area contributed by atoms with Gasteiger partial charge < -0.3 is 9.57 Å². The molecule has 0 aliphatic carbocycles. The lowest BCUT2D eigenvalue weighted by Crippen LogP contribution is -2.09. The maximum Gasteiger partial charge on any atom is 0.175 e. The molecular weight excluding hydrogens is 230 g/mol. The molecule has 0 saturated carbocycles. The number of rotatable bonds is 5. The van der Waals surface area contributed by atoms with E-state index in [0.717, 1.165) is 6.26 Å². The van der Waals surface area contributed by atoms with Crippen molar-refractivity contribution < 1.29 is 18.0 Å². The molecule has 0 radical (unpaired) electrons. The van der Waals surface area contributed by atoms with Gasteiger partial charge in [0.2, 0.25) is 0 Å². The van der Waals surface area contributed by atoms with Gasteiger partial charge >= 0.3 is 0 Å². The molecule has 0 unspecified atom stereocenters. The molecular formula is C10H15NO4S. The molecule has 0 amide bonds. The van der Waals surface area contributed by atoms with Crippen LogP contribution in [0.1, 0.15) is 5.56 Å². The van der Waals surface area contributed by atoms with Gasteiger partial charge in [0.05, 0.1) is 18.6 Å². The number of nitrogens with two attached hydrogens (primary N) is 1. The third-order valence-corrected chi connectivity index (χ3v) is 3.36. The minimum atomic E-state index is -3.27. The summed E-state index contributed by atoms with van der Waals surface area (Å²) < 4.78 is 28.2. The number of ether oxygens (including phenoxy) is 1. The van der Waals surface area contributed by atoms with E-state index in [2.05, 4.69) is 4.84 Å². The molecule has 0 bridgehead atoms. The lowest BCUT2D eigenvalue weighted by atomic mass is 10.1. The largest absolute Gasteiger partial charge is 0.496 e. The quantitative estimate of drug-likeness (QED) is 0.766. The molecule has 6 heteroatoms. The molecule has 0 atom stereocenters. The van der Waals surface area contributed by atoms with Gasteiger partial charge in [-0.25, -0.2) is 14.3 Å². The molecule has 0 saturated heterocycles. The second kappa shape index (κ2) is 5.29. The predicted octanol–water partition coefficient (Wildman–Crippen LogP) is 0.532. The second-order valence-electron chi connectivity index (χ2n) is 3.33. The molecule has 0 spiro atoms. The average Bonchev–Trinajstić information content (AvgIpc) is 2.24. The Balaban J connectivity index is 3.26. The third-order valence-electron chi connectivity index (χ3n) is 2.18. The van der Waals surface area contributed by atoms with Crippen LogP contribution >= 0.6 is 0 Å². The first-order valence-electron chi connectivity index (χ1n) is 4.68. The van der Waals surface area contributed by atoms with Crippen molar-refractivity contribution in [3.8, 4) is 5.75 Å². The fourth-order valence-corrected chi connectivity index (χ4v) is 2.47. The first kappa shape index (κ1) is 13.0. The molecule has 0 aliphatic heterocycles. The number of methoxy groups -OCH3 is 1. The summed E-state index contributed by atoms with van der Waals surface area (Å²) in [6, 6.07) is 4.90. The van der Waals surface area contributed by atoms with Crippen LogP contribution in [0.4, 0.5) is 0 Å². The highest BCUT2D eigenvalue weighted by Crippen LogP contribution is 2.26. The first-order chi connectivity index (χ1) is 7.50. The van der Waals surface area contributed by atoms with E-state index in [1.165, 1.54) is 7.11 Å². The Hall–Kier alpha value is -1.11. The second-order valence-corrected chi connectivity index (χ2v) is 5.31. The molecule has 0 aliphatic rings. The lowest BCUT2D eigenvalue weighted by Gasteiger charge is -2.12. The molecule has 5 nitrogen and oxygen atoms in total. The first-order valence-corrected chi connectivity index (χ1v) is 6.57. The van der Waals surface area contributed by atoms with Crippen molar-refractivity contribution in [3.05, 3.63) is 23.8 Å². The molecule has 1 aromatic carbocycles. The SMILES string of the molecule is COc1cccc(S(C)(=O)=O)c1CCON. The average molecular weight is 245 g/mol. The topological polar surface area (TPSA) is 78.6 Å². The fourth-order valence-electron chi connectivity index (χ4n) is 1.49. The van der Waals surface area contributed by atoms with Crippen molar-refractivity contribution in [2.45, 2.75) is 11.3 Å². The van der Waals surface area contributed by atoms with Gasteiger partial charge in [0, 0.05) is 18.2 Å². The standard InChI is InChI=1S/C10H15NO4S/c1-14-9-4-3-5-10(16(2,12)13)8(9)6-7-15-11/h3-5H,6-7,11H2,1-2H3. The van der Waals surface area contributed by atoms with Crippen LogP contribution in [0.2, 0.25) is 0 Å². The summed E-state index contributed by atoms with van der Waals surface area (Å²) in [5.41, 5.74) is 0.595. The molecule has 16 heavy (non-hydrogen) atoms. The van der Waals surface area contributed by atoms with Gasteiger partial charge in [-0.1, -0.05) is 6.07 Å². The van der Waals surface area contributed by atoms with Crippen molar-refractivity contribution in [1.29, 1.82) is 0 Å². The summed E-state index contributed by atoms with van der Waals surface area (Å²) in [5, 5.41) is 0. The van der Waals surface area contributed by atoms with Gasteiger partial charge in [-0.05, 0) is 12.1 Å². The highest BCUT2D eigenvalue weighted by Gasteiger charge is 2.16. The van der Waals surface area contributed by atoms with Crippen molar-refractivity contribution in [2.24, 2.45) is 5.90 Å². The monoisotopic (exact) mass is 245 g/mol. The van der Waals surface area contributed by atoms with Crippen molar-refractivity contribution in [2.75, 3.05) is 20.0 Å². The number of hydrogen-bond donors (Lipinski definition) is 1. The molecule has 1 rings (SSSR count). The zero-order valence-corrected chi connectivity index (χ0v) is 10.1. The summed E-state index contributed by atoms with van der Waals surface area (Å²) >= 11 is 0. The van der Waals surface area contributed by atoms with Gasteiger partial charge in [-0.3, -0.25) is 0 Å². The smallest absolute Gasteiger partial charge is 0.175 e. The minimum Gasteiger partial charge on any atom is -0.496 e. The van der Waals surface area contributed by atoms with Crippen LogP contribution in [0.5, 0.6) is 5.75 Å². The van der Waals surface area contributed by atoms with Crippen LogP contribution in [-0.4, -0.2) is 28.4 Å². The van der Waals surface area contributed by atoms with Crippen LogP contribution in [-0.2, 0) is 21.1 Å². The summed E-state index contributed by atoms with van der Waals surface area (Å²) in [7, 11) is -1.78. The molecule has 90 valence electrons. The Labute approximate surface area is 95.0 Å². The third kappa shape index (κ3) is 2.94. The van der Waals surface area contributed by atoms with Crippen LogP contribution in [0.15, 0.2) is 23.1 Å². The zero-order valence-electron chi connectivity index (χ0n) is 9.26. The van der Waals surface area contributed by atoms with E-state index in [-0.39, 0.29) is 11.5 Å². The highest BCUT2D eigenvalue weighted by molar-refractivity contribution is 7.90. The normalized spacial score (nSPS) is 11.4. The maximum absolute atomic E-state index is 11.6. The van der Waals surface area contributed by atoms with Crippen molar-refractivity contribution >= 4 is 9.84 Å². The summed E-state index contributed by atoms with van der Waals surface area (Å²) in [4.78, 5) is 4.72. The van der Waals surface area contributed by atoms with Crippen molar-refractivity contribution in [3.63, 3.8) is 0 Å². The molecule has 0 aromatic heterocycles. The molecule has 0 heterocycles. The zero-order chi connectivity index (χ0) is 12.2. The molecule has 0 fully saturated rings. The number of benzene rings is 1. The predicted molar refractivity (Wildman–Crippen MR) is 59.9 cm³/mol. The summed E-state index contributed by atoms with van der Waals surface area (Å²) in [6.45, 7) is 0.239. The number of sulfone groups is 1. The fraction of sp³-hybridized carbons (Fsp3) is 0.400. The maximum atomic E-state index is 11.6. The lowest BCUT2D eigenvalue weighted by molar-refractivity contribution is 0.140. The van der Waals surface area contributed by atoms with E-state index in [4.69, 9.17) is 10.6 Å².